The zero-order chi connectivity index (χ0) is 12.2. The Hall–Kier alpha value is -1.58. The summed E-state index contributed by atoms with van der Waals surface area (Å²) in [6.07, 6.45) is 0. The number of hydrogen-bond acceptors (Lipinski definition) is 3. The molecule has 0 saturated carbocycles. The molecule has 0 bridgehead atoms. The minimum atomic E-state index is -0.826. The number of hydrogen-bond donors (Lipinski definition) is 1. The fourth-order valence-corrected chi connectivity index (χ4v) is 1.26. The second-order valence-corrected chi connectivity index (χ2v) is 3.98. The molecule has 0 saturated heterocycles. The molecule has 1 N–H and O–H groups in total. The van der Waals surface area contributed by atoms with Crippen molar-refractivity contribution in [2.45, 2.75) is 26.3 Å². The van der Waals surface area contributed by atoms with E-state index in [4.69, 9.17) is 4.74 Å². The van der Waals surface area contributed by atoms with Gasteiger partial charge in [0.25, 0.3) is 0 Å². The Labute approximate surface area is 94.6 Å². The van der Waals surface area contributed by atoms with E-state index in [1.54, 1.807) is 32.9 Å². The van der Waals surface area contributed by atoms with E-state index in [1.165, 1.54) is 12.1 Å². The zero-order valence-corrected chi connectivity index (χ0v) is 9.71. The van der Waals surface area contributed by atoms with Crippen LogP contribution in [0.3, 0.4) is 0 Å². The highest BCUT2D eigenvalue weighted by molar-refractivity contribution is 5.83. The molecule has 0 radical (unpaired) electrons. The lowest BCUT2D eigenvalue weighted by atomic mass is 10.1. The molecule has 1 aromatic carbocycles. The van der Waals surface area contributed by atoms with Gasteiger partial charge in [-0.2, -0.15) is 0 Å². The highest BCUT2D eigenvalue weighted by Gasteiger charge is 2.28. The van der Waals surface area contributed by atoms with Crippen LogP contribution in [0.15, 0.2) is 24.3 Å². The Morgan fingerprint density at radius 1 is 1.38 bits per heavy atom. The first kappa shape index (κ1) is 12.5. The lowest BCUT2D eigenvalue weighted by molar-refractivity contribution is -0.147. The lowest BCUT2D eigenvalue weighted by Crippen LogP contribution is -2.41. The summed E-state index contributed by atoms with van der Waals surface area (Å²) >= 11 is 0. The van der Waals surface area contributed by atoms with E-state index in [9.17, 15) is 9.18 Å². The minimum absolute atomic E-state index is 0.306. The second kappa shape index (κ2) is 4.96. The van der Waals surface area contributed by atoms with E-state index < -0.39 is 5.54 Å². The van der Waals surface area contributed by atoms with Gasteiger partial charge in [-0.1, -0.05) is 0 Å². The third kappa shape index (κ3) is 3.22. The molecule has 3 nitrogen and oxygen atoms in total. The first-order valence-electron chi connectivity index (χ1n) is 5.16. The number of nitrogens with one attached hydrogen (secondary N) is 1. The van der Waals surface area contributed by atoms with E-state index in [1.807, 2.05) is 0 Å². The summed E-state index contributed by atoms with van der Waals surface area (Å²) in [5, 5.41) is 2.99. The molecule has 0 fully saturated rings. The Kier molecular flexibility index (Phi) is 3.88. The van der Waals surface area contributed by atoms with Gasteiger partial charge in [-0.25, -0.2) is 9.18 Å². The number of benzene rings is 1. The molecule has 0 aliphatic rings. The van der Waals surface area contributed by atoms with Crippen LogP contribution >= 0.6 is 0 Å². The van der Waals surface area contributed by atoms with Crippen molar-refractivity contribution in [1.29, 1.82) is 0 Å². The third-order valence-electron chi connectivity index (χ3n) is 2.09. The molecule has 0 spiro atoms. The fraction of sp³-hybridized carbons (Fsp3) is 0.417. The van der Waals surface area contributed by atoms with Crippen LogP contribution in [0.2, 0.25) is 0 Å². The van der Waals surface area contributed by atoms with Crippen LogP contribution in [0.1, 0.15) is 20.8 Å². The van der Waals surface area contributed by atoms with Gasteiger partial charge >= 0.3 is 5.97 Å². The summed E-state index contributed by atoms with van der Waals surface area (Å²) in [6.45, 7) is 5.53. The molecule has 4 heteroatoms. The van der Waals surface area contributed by atoms with Crippen LogP contribution in [0.5, 0.6) is 0 Å². The maximum atomic E-state index is 12.7. The number of anilines is 1. The summed E-state index contributed by atoms with van der Waals surface area (Å²) in [5.41, 5.74) is -0.146. The van der Waals surface area contributed by atoms with Gasteiger partial charge in [0.1, 0.15) is 11.4 Å². The van der Waals surface area contributed by atoms with E-state index in [0.29, 0.717) is 12.3 Å². The quantitative estimate of drug-likeness (QED) is 0.800. The van der Waals surface area contributed by atoms with Gasteiger partial charge in [0, 0.05) is 5.69 Å². The smallest absolute Gasteiger partial charge is 0.331 e. The van der Waals surface area contributed by atoms with Crippen molar-refractivity contribution in [2.75, 3.05) is 11.9 Å². The normalized spacial score (nSPS) is 11.0. The molecule has 0 atom stereocenters. The Morgan fingerprint density at radius 3 is 2.44 bits per heavy atom. The Morgan fingerprint density at radius 2 is 1.94 bits per heavy atom. The number of halogens is 1. The van der Waals surface area contributed by atoms with Crippen LogP contribution in [0.4, 0.5) is 10.1 Å². The van der Waals surface area contributed by atoms with Gasteiger partial charge in [-0.3, -0.25) is 0 Å². The number of carbonyl (C=O) groups is 1. The van der Waals surface area contributed by atoms with Crippen molar-refractivity contribution in [2.24, 2.45) is 0 Å². The van der Waals surface area contributed by atoms with Crippen molar-refractivity contribution in [3.63, 3.8) is 0 Å². The predicted molar refractivity (Wildman–Crippen MR) is 60.7 cm³/mol. The van der Waals surface area contributed by atoms with Crippen molar-refractivity contribution in [3.8, 4) is 0 Å². The van der Waals surface area contributed by atoms with Crippen LogP contribution in [0, 0.1) is 5.82 Å². The molecular weight excluding hydrogens is 209 g/mol. The van der Waals surface area contributed by atoms with Gasteiger partial charge in [0.2, 0.25) is 0 Å². The van der Waals surface area contributed by atoms with Crippen LogP contribution in [-0.4, -0.2) is 18.1 Å². The van der Waals surface area contributed by atoms with Crippen molar-refractivity contribution < 1.29 is 13.9 Å². The van der Waals surface area contributed by atoms with Crippen LogP contribution < -0.4 is 5.32 Å². The third-order valence-corrected chi connectivity index (χ3v) is 2.09. The minimum Gasteiger partial charge on any atom is -0.464 e. The maximum Gasteiger partial charge on any atom is 0.331 e. The molecule has 0 aromatic heterocycles. The van der Waals surface area contributed by atoms with Gasteiger partial charge in [0.05, 0.1) is 6.61 Å². The highest BCUT2D eigenvalue weighted by Crippen LogP contribution is 2.16. The SMILES string of the molecule is CCOC(=O)C(C)(C)Nc1ccc(F)cc1. The molecule has 88 valence electrons. The molecular formula is C12H16FNO2. The number of rotatable bonds is 4. The molecule has 1 rings (SSSR count). The van der Waals surface area contributed by atoms with E-state index in [-0.39, 0.29) is 11.8 Å². The van der Waals surface area contributed by atoms with Crippen LogP contribution in [0.25, 0.3) is 0 Å². The molecule has 1 aromatic rings. The first-order chi connectivity index (χ1) is 7.45. The maximum absolute atomic E-state index is 12.7. The average Bonchev–Trinajstić information content (AvgIpc) is 2.21. The summed E-state index contributed by atoms with van der Waals surface area (Å²) in [7, 11) is 0. The van der Waals surface area contributed by atoms with Gasteiger partial charge in [-0.15, -0.1) is 0 Å². The molecule has 0 aliphatic carbocycles. The monoisotopic (exact) mass is 225 g/mol. The summed E-state index contributed by atoms with van der Waals surface area (Å²) in [5.74, 6) is -0.640. The van der Waals surface area contributed by atoms with Crippen molar-refractivity contribution >= 4 is 11.7 Å². The van der Waals surface area contributed by atoms with Crippen molar-refractivity contribution in [1.82, 2.24) is 0 Å². The lowest BCUT2D eigenvalue weighted by Gasteiger charge is -2.24. The molecule has 0 heterocycles. The standard InChI is InChI=1S/C12H16FNO2/c1-4-16-11(15)12(2,3)14-10-7-5-9(13)6-8-10/h5-8,14H,4H2,1-3H3. The van der Waals surface area contributed by atoms with Crippen LogP contribution in [-0.2, 0) is 9.53 Å². The summed E-state index contributed by atoms with van der Waals surface area (Å²) in [4.78, 5) is 11.6. The van der Waals surface area contributed by atoms with Gasteiger partial charge in [0.15, 0.2) is 0 Å². The topological polar surface area (TPSA) is 38.3 Å². The van der Waals surface area contributed by atoms with Gasteiger partial charge in [-0.05, 0) is 45.0 Å². The zero-order valence-electron chi connectivity index (χ0n) is 9.71. The predicted octanol–water partition coefficient (Wildman–Crippen LogP) is 2.58. The number of carbonyl (C=O) groups excluding carboxylic acids is 1. The van der Waals surface area contributed by atoms with Gasteiger partial charge < -0.3 is 10.1 Å². The fourth-order valence-electron chi connectivity index (χ4n) is 1.26. The Balaban J connectivity index is 2.72. The second-order valence-electron chi connectivity index (χ2n) is 3.98. The van der Waals surface area contributed by atoms with E-state index in [2.05, 4.69) is 5.32 Å². The molecule has 0 amide bonds. The van der Waals surface area contributed by atoms with Crippen molar-refractivity contribution in [3.05, 3.63) is 30.1 Å². The average molecular weight is 225 g/mol. The number of esters is 1. The Bertz CT molecular complexity index is 360. The van der Waals surface area contributed by atoms with E-state index >= 15 is 0 Å². The molecule has 0 aliphatic heterocycles. The largest absolute Gasteiger partial charge is 0.464 e. The molecule has 16 heavy (non-hydrogen) atoms. The van der Waals surface area contributed by atoms with E-state index in [0.717, 1.165) is 0 Å². The number of ether oxygens (including phenoxy) is 1. The molecule has 0 unspecified atom stereocenters. The highest BCUT2D eigenvalue weighted by atomic mass is 19.1. The summed E-state index contributed by atoms with van der Waals surface area (Å²) in [6, 6.07) is 5.83. The first-order valence-corrected chi connectivity index (χ1v) is 5.16. The summed E-state index contributed by atoms with van der Waals surface area (Å²) < 4.78 is 17.6.